The largest absolute Gasteiger partial charge is 0.390 e. The lowest BCUT2D eigenvalue weighted by Gasteiger charge is -2.27. The number of rotatable bonds is 5. The van der Waals surface area contributed by atoms with Crippen LogP contribution >= 0.6 is 0 Å². The Labute approximate surface area is 121 Å². The summed E-state index contributed by atoms with van der Waals surface area (Å²) in [5.74, 6) is 0.126. The molecule has 0 atom stereocenters. The molecule has 0 saturated carbocycles. The Bertz CT molecular complexity index is 607. The molecular formula is C12H17N7O2. The van der Waals surface area contributed by atoms with E-state index in [4.69, 9.17) is 5.11 Å². The van der Waals surface area contributed by atoms with Crippen LogP contribution in [0.1, 0.15) is 24.2 Å². The lowest BCUT2D eigenvalue weighted by molar-refractivity contribution is -0.132. The van der Waals surface area contributed by atoms with Gasteiger partial charge in [0.05, 0.1) is 31.1 Å². The SMILES string of the molecule is O=C(CCCn1cnnn1)N1CCn2nc(CO)cc2C1. The lowest BCUT2D eigenvalue weighted by Crippen LogP contribution is -2.38. The minimum Gasteiger partial charge on any atom is -0.390 e. The highest BCUT2D eigenvalue weighted by Crippen LogP contribution is 2.15. The summed E-state index contributed by atoms with van der Waals surface area (Å²) in [5, 5.41) is 24.2. The average molecular weight is 291 g/mol. The van der Waals surface area contributed by atoms with E-state index < -0.39 is 0 Å². The van der Waals surface area contributed by atoms with Crippen molar-refractivity contribution in [1.82, 2.24) is 34.9 Å². The first-order valence-corrected chi connectivity index (χ1v) is 6.91. The van der Waals surface area contributed by atoms with Crippen LogP contribution in [0, 0.1) is 0 Å². The van der Waals surface area contributed by atoms with Gasteiger partial charge in [-0.15, -0.1) is 5.10 Å². The zero-order valence-corrected chi connectivity index (χ0v) is 11.6. The molecule has 0 unspecified atom stereocenters. The fourth-order valence-electron chi connectivity index (χ4n) is 2.45. The number of aliphatic hydroxyl groups is 1. The van der Waals surface area contributed by atoms with Crippen LogP contribution in [-0.2, 0) is 31.0 Å². The van der Waals surface area contributed by atoms with Gasteiger partial charge in [0.25, 0.3) is 0 Å². The Hall–Kier alpha value is -2.29. The third-order valence-electron chi connectivity index (χ3n) is 3.53. The Morgan fingerprint density at radius 1 is 1.38 bits per heavy atom. The minimum atomic E-state index is -0.0696. The highest BCUT2D eigenvalue weighted by Gasteiger charge is 2.21. The smallest absolute Gasteiger partial charge is 0.223 e. The van der Waals surface area contributed by atoms with Crippen LogP contribution in [0.5, 0.6) is 0 Å². The Kier molecular flexibility index (Phi) is 3.91. The first kappa shape index (κ1) is 13.7. The zero-order chi connectivity index (χ0) is 14.7. The second-order valence-electron chi connectivity index (χ2n) is 5.00. The van der Waals surface area contributed by atoms with Crippen LogP contribution in [0.15, 0.2) is 12.4 Å². The van der Waals surface area contributed by atoms with Crippen molar-refractivity contribution < 1.29 is 9.90 Å². The van der Waals surface area contributed by atoms with Crippen LogP contribution in [0.3, 0.4) is 0 Å². The number of aryl methyl sites for hydroxylation is 1. The van der Waals surface area contributed by atoms with E-state index in [-0.39, 0.29) is 12.5 Å². The van der Waals surface area contributed by atoms with E-state index >= 15 is 0 Å². The van der Waals surface area contributed by atoms with Crippen LogP contribution < -0.4 is 0 Å². The van der Waals surface area contributed by atoms with Gasteiger partial charge in [0, 0.05) is 19.5 Å². The van der Waals surface area contributed by atoms with Crippen LogP contribution in [-0.4, -0.2) is 52.4 Å². The summed E-state index contributed by atoms with van der Waals surface area (Å²) in [6, 6.07) is 1.85. The van der Waals surface area contributed by atoms with E-state index in [0.717, 1.165) is 5.69 Å². The predicted octanol–water partition coefficient (Wildman–Crippen LogP) is -0.815. The maximum absolute atomic E-state index is 12.2. The van der Waals surface area contributed by atoms with Crippen molar-refractivity contribution in [3.05, 3.63) is 23.8 Å². The molecule has 3 heterocycles. The first-order valence-electron chi connectivity index (χ1n) is 6.91. The summed E-state index contributed by atoms with van der Waals surface area (Å²) in [7, 11) is 0. The quantitative estimate of drug-likeness (QED) is 0.772. The normalized spacial score (nSPS) is 14.2. The van der Waals surface area contributed by atoms with Gasteiger partial charge >= 0.3 is 0 Å². The Balaban J connectivity index is 1.51. The molecule has 3 rings (SSSR count). The molecule has 0 fully saturated rings. The molecule has 0 radical (unpaired) electrons. The number of amides is 1. The molecule has 112 valence electrons. The number of hydrogen-bond donors (Lipinski definition) is 1. The van der Waals surface area contributed by atoms with E-state index in [1.165, 1.54) is 0 Å². The highest BCUT2D eigenvalue weighted by molar-refractivity contribution is 5.76. The maximum Gasteiger partial charge on any atom is 0.223 e. The summed E-state index contributed by atoms with van der Waals surface area (Å²) in [4.78, 5) is 14.0. The van der Waals surface area contributed by atoms with Gasteiger partial charge in [-0.05, 0) is 22.9 Å². The number of carbonyl (C=O) groups excluding carboxylic acids is 1. The summed E-state index contributed by atoms with van der Waals surface area (Å²) in [6.07, 6.45) is 2.72. The molecule has 9 heteroatoms. The zero-order valence-electron chi connectivity index (χ0n) is 11.6. The molecule has 21 heavy (non-hydrogen) atoms. The average Bonchev–Trinajstić information content (AvgIpc) is 3.14. The number of carbonyl (C=O) groups is 1. The van der Waals surface area contributed by atoms with Crippen molar-refractivity contribution in [2.75, 3.05) is 6.54 Å². The molecule has 1 amide bonds. The summed E-state index contributed by atoms with van der Waals surface area (Å²) >= 11 is 0. The molecule has 0 aliphatic carbocycles. The van der Waals surface area contributed by atoms with Gasteiger partial charge in [0.1, 0.15) is 6.33 Å². The third kappa shape index (κ3) is 3.07. The van der Waals surface area contributed by atoms with Crippen molar-refractivity contribution in [1.29, 1.82) is 0 Å². The molecular weight excluding hydrogens is 274 g/mol. The van der Waals surface area contributed by atoms with E-state index in [0.29, 0.717) is 44.7 Å². The monoisotopic (exact) mass is 291 g/mol. The molecule has 1 N–H and O–H groups in total. The third-order valence-corrected chi connectivity index (χ3v) is 3.53. The maximum atomic E-state index is 12.2. The molecule has 0 saturated heterocycles. The van der Waals surface area contributed by atoms with Crippen molar-refractivity contribution >= 4 is 5.91 Å². The molecule has 0 bridgehead atoms. The highest BCUT2D eigenvalue weighted by atomic mass is 16.3. The molecule has 0 spiro atoms. The molecule has 1 aliphatic rings. The summed E-state index contributed by atoms with van der Waals surface area (Å²) < 4.78 is 3.47. The van der Waals surface area contributed by atoms with Gasteiger partial charge in [-0.25, -0.2) is 4.68 Å². The first-order chi connectivity index (χ1) is 10.3. The number of fused-ring (bicyclic) bond motifs is 1. The van der Waals surface area contributed by atoms with Crippen molar-refractivity contribution in [3.63, 3.8) is 0 Å². The van der Waals surface area contributed by atoms with Crippen molar-refractivity contribution in [2.24, 2.45) is 0 Å². The van der Waals surface area contributed by atoms with Crippen LogP contribution in [0.2, 0.25) is 0 Å². The number of hydrogen-bond acceptors (Lipinski definition) is 6. The van der Waals surface area contributed by atoms with Gasteiger partial charge in [0.2, 0.25) is 5.91 Å². The molecule has 2 aromatic heterocycles. The number of nitrogens with zero attached hydrogens (tertiary/aromatic N) is 7. The van der Waals surface area contributed by atoms with Gasteiger partial charge < -0.3 is 10.0 Å². The fraction of sp³-hybridized carbons (Fsp3) is 0.583. The minimum absolute atomic E-state index is 0.0696. The van der Waals surface area contributed by atoms with E-state index in [1.54, 1.807) is 11.0 Å². The van der Waals surface area contributed by atoms with Gasteiger partial charge in [-0.1, -0.05) is 0 Å². The fourth-order valence-corrected chi connectivity index (χ4v) is 2.45. The Morgan fingerprint density at radius 2 is 2.29 bits per heavy atom. The van der Waals surface area contributed by atoms with Gasteiger partial charge in [0.15, 0.2) is 0 Å². The second-order valence-corrected chi connectivity index (χ2v) is 5.00. The predicted molar refractivity (Wildman–Crippen MR) is 70.6 cm³/mol. The topological polar surface area (TPSA) is 102 Å². The second kappa shape index (κ2) is 6.00. The van der Waals surface area contributed by atoms with E-state index in [9.17, 15) is 4.79 Å². The molecule has 2 aromatic rings. The van der Waals surface area contributed by atoms with Crippen LogP contribution in [0.4, 0.5) is 0 Å². The van der Waals surface area contributed by atoms with E-state index in [1.807, 2.05) is 15.6 Å². The van der Waals surface area contributed by atoms with Crippen molar-refractivity contribution in [2.45, 2.75) is 39.1 Å². The standard InChI is InChI=1S/C12H17N7O2/c20-8-10-6-11-7-17(4-5-19(11)14-10)12(21)2-1-3-18-9-13-15-16-18/h6,9,20H,1-5,7-8H2. The molecule has 9 nitrogen and oxygen atoms in total. The number of aromatic nitrogens is 6. The Morgan fingerprint density at radius 3 is 3.05 bits per heavy atom. The number of tetrazole rings is 1. The summed E-state index contributed by atoms with van der Waals surface area (Å²) in [5.41, 5.74) is 1.62. The van der Waals surface area contributed by atoms with Gasteiger partial charge in [-0.2, -0.15) is 5.10 Å². The van der Waals surface area contributed by atoms with Gasteiger partial charge in [-0.3, -0.25) is 9.48 Å². The van der Waals surface area contributed by atoms with Crippen molar-refractivity contribution in [3.8, 4) is 0 Å². The van der Waals surface area contributed by atoms with Crippen LogP contribution in [0.25, 0.3) is 0 Å². The summed E-state index contributed by atoms with van der Waals surface area (Å²) in [6.45, 7) is 2.45. The molecule has 0 aromatic carbocycles. The van der Waals surface area contributed by atoms with E-state index in [2.05, 4.69) is 20.6 Å². The molecule has 1 aliphatic heterocycles. The lowest BCUT2D eigenvalue weighted by atomic mass is 10.2. The number of aliphatic hydroxyl groups excluding tert-OH is 1.